The maximum absolute atomic E-state index is 14.2. The van der Waals surface area contributed by atoms with E-state index in [0.29, 0.717) is 54.2 Å². The lowest BCUT2D eigenvalue weighted by molar-refractivity contribution is -0.123. The number of rotatable bonds is 7. The second-order valence-corrected chi connectivity index (χ2v) is 11.4. The van der Waals surface area contributed by atoms with Crippen LogP contribution in [0.5, 0.6) is 5.75 Å². The Hall–Kier alpha value is -5.24. The smallest absolute Gasteiger partial charge is 0.262 e. The van der Waals surface area contributed by atoms with Crippen LogP contribution in [-0.2, 0) is 22.7 Å². The summed E-state index contributed by atoms with van der Waals surface area (Å²) in [6.45, 7) is 0.352. The molecule has 220 valence electrons. The lowest BCUT2D eigenvalue weighted by Gasteiger charge is -2.31. The lowest BCUT2D eigenvalue weighted by Crippen LogP contribution is -2.49. The van der Waals surface area contributed by atoms with E-state index in [9.17, 15) is 19.2 Å². The standard InChI is InChI=1S/C36H31N3O5/c40-33(22-38-34(41)27-14-4-5-15-28(27)35(38)42)39-30-19-9-16-29(30)36(43)37(31-17-6-7-18-32(31)39)21-25-12-8-13-26(20-25)44-23-24-10-2-1-3-11-24/h1-8,10-15,17-18,20,29-30H,9,16,19,21-23H2/t29-,30+/m0/s1. The van der Waals surface area contributed by atoms with Crippen LogP contribution in [0.2, 0.25) is 0 Å². The summed E-state index contributed by atoms with van der Waals surface area (Å²) in [6.07, 6.45) is 2.12. The molecular formula is C36H31N3O5. The first-order valence-electron chi connectivity index (χ1n) is 14.9. The fourth-order valence-corrected chi connectivity index (χ4v) is 6.66. The van der Waals surface area contributed by atoms with Crippen LogP contribution < -0.4 is 14.5 Å². The first-order valence-corrected chi connectivity index (χ1v) is 14.9. The highest BCUT2D eigenvalue weighted by Crippen LogP contribution is 2.43. The Balaban J connectivity index is 1.18. The number of hydrogen-bond donors (Lipinski definition) is 0. The summed E-state index contributed by atoms with van der Waals surface area (Å²) >= 11 is 0. The van der Waals surface area contributed by atoms with E-state index in [1.807, 2.05) is 78.9 Å². The van der Waals surface area contributed by atoms with Crippen LogP contribution in [0.25, 0.3) is 0 Å². The number of fused-ring (bicyclic) bond motifs is 3. The molecule has 0 spiro atoms. The highest BCUT2D eigenvalue weighted by molar-refractivity contribution is 6.23. The topological polar surface area (TPSA) is 87.2 Å². The molecule has 0 N–H and O–H groups in total. The SMILES string of the molecule is O=C1c2ccccc2C(=O)N1CC(=O)N1c2ccccc2N(Cc2cccc(OCc3ccccc3)c2)C(=O)[C@H]2CCC[C@H]21. The van der Waals surface area contributed by atoms with Gasteiger partial charge in [0.25, 0.3) is 11.8 Å². The van der Waals surface area contributed by atoms with Crippen molar-refractivity contribution in [2.24, 2.45) is 5.92 Å². The summed E-state index contributed by atoms with van der Waals surface area (Å²) in [5.74, 6) is -1.06. The van der Waals surface area contributed by atoms with Gasteiger partial charge in [-0.05, 0) is 60.4 Å². The van der Waals surface area contributed by atoms with E-state index < -0.39 is 17.7 Å². The van der Waals surface area contributed by atoms with Crippen molar-refractivity contribution in [3.05, 3.63) is 125 Å². The predicted molar refractivity (Wildman–Crippen MR) is 165 cm³/mol. The van der Waals surface area contributed by atoms with Gasteiger partial charge in [-0.2, -0.15) is 0 Å². The third kappa shape index (κ3) is 4.92. The summed E-state index contributed by atoms with van der Waals surface area (Å²) in [7, 11) is 0. The molecular weight excluding hydrogens is 554 g/mol. The van der Waals surface area contributed by atoms with Crippen LogP contribution in [0.3, 0.4) is 0 Å². The summed E-state index contributed by atoms with van der Waals surface area (Å²) < 4.78 is 6.05. The second-order valence-electron chi connectivity index (χ2n) is 11.4. The number of amides is 4. The van der Waals surface area contributed by atoms with Gasteiger partial charge in [0, 0.05) is 6.04 Å². The van der Waals surface area contributed by atoms with Crippen LogP contribution in [0, 0.1) is 5.92 Å². The zero-order valence-electron chi connectivity index (χ0n) is 24.1. The molecule has 4 aromatic carbocycles. The van der Waals surface area contributed by atoms with Gasteiger partial charge in [0.05, 0.1) is 35.0 Å². The van der Waals surface area contributed by atoms with Gasteiger partial charge in [-0.25, -0.2) is 0 Å². The van der Waals surface area contributed by atoms with E-state index in [1.165, 1.54) is 0 Å². The van der Waals surface area contributed by atoms with Gasteiger partial charge in [-0.15, -0.1) is 0 Å². The van der Waals surface area contributed by atoms with Gasteiger partial charge in [0.15, 0.2) is 0 Å². The summed E-state index contributed by atoms with van der Waals surface area (Å²) in [6, 6.07) is 31.3. The van der Waals surface area contributed by atoms with Gasteiger partial charge in [-0.1, -0.05) is 73.2 Å². The minimum absolute atomic E-state index is 0.0356. The molecule has 4 aromatic rings. The van der Waals surface area contributed by atoms with Gasteiger partial charge >= 0.3 is 0 Å². The molecule has 2 atom stereocenters. The molecule has 0 unspecified atom stereocenters. The third-order valence-electron chi connectivity index (χ3n) is 8.75. The molecule has 1 fully saturated rings. The van der Waals surface area contributed by atoms with E-state index in [4.69, 9.17) is 4.74 Å². The molecule has 8 nitrogen and oxygen atoms in total. The Bertz CT molecular complexity index is 1740. The van der Waals surface area contributed by atoms with Crippen molar-refractivity contribution >= 4 is 35.0 Å². The van der Waals surface area contributed by atoms with E-state index in [2.05, 4.69) is 0 Å². The average Bonchev–Trinajstić information content (AvgIpc) is 3.60. The maximum atomic E-state index is 14.2. The monoisotopic (exact) mass is 585 g/mol. The molecule has 0 radical (unpaired) electrons. The fraction of sp³-hybridized carbons (Fsp3) is 0.222. The van der Waals surface area contributed by atoms with Crippen LogP contribution >= 0.6 is 0 Å². The highest BCUT2D eigenvalue weighted by atomic mass is 16.5. The zero-order valence-corrected chi connectivity index (χ0v) is 24.1. The normalized spacial score (nSPS) is 19.0. The van der Waals surface area contributed by atoms with Crippen molar-refractivity contribution in [3.63, 3.8) is 0 Å². The molecule has 1 saturated carbocycles. The molecule has 3 aliphatic rings. The van der Waals surface area contributed by atoms with Crippen LogP contribution in [0.1, 0.15) is 51.1 Å². The number of nitrogens with zero attached hydrogens (tertiary/aromatic N) is 3. The number of anilines is 2. The Labute approximate surface area is 255 Å². The van der Waals surface area contributed by atoms with Crippen molar-refractivity contribution in [3.8, 4) is 5.75 Å². The summed E-state index contributed by atoms with van der Waals surface area (Å²) in [4.78, 5) is 58.9. The summed E-state index contributed by atoms with van der Waals surface area (Å²) in [5, 5.41) is 0. The number of carbonyl (C=O) groups excluding carboxylic acids is 4. The number of ether oxygens (including phenoxy) is 1. The number of imide groups is 1. The third-order valence-corrected chi connectivity index (χ3v) is 8.75. The Morgan fingerprint density at radius 1 is 0.705 bits per heavy atom. The van der Waals surface area contributed by atoms with E-state index in [-0.39, 0.29) is 24.4 Å². The number of carbonyl (C=O) groups is 4. The van der Waals surface area contributed by atoms with Gasteiger partial charge in [-0.3, -0.25) is 24.1 Å². The van der Waals surface area contributed by atoms with Crippen molar-refractivity contribution in [2.45, 2.75) is 38.5 Å². The minimum atomic E-state index is -0.475. The quantitative estimate of drug-likeness (QED) is 0.263. The van der Waals surface area contributed by atoms with E-state index >= 15 is 0 Å². The lowest BCUT2D eigenvalue weighted by atomic mass is 10.0. The van der Waals surface area contributed by atoms with E-state index in [1.54, 1.807) is 34.1 Å². The van der Waals surface area contributed by atoms with Crippen molar-refractivity contribution in [1.29, 1.82) is 0 Å². The zero-order chi connectivity index (χ0) is 30.2. The second kappa shape index (κ2) is 11.4. The number of benzene rings is 4. The van der Waals surface area contributed by atoms with Crippen LogP contribution in [-0.4, -0.2) is 41.1 Å². The maximum Gasteiger partial charge on any atom is 0.262 e. The molecule has 0 bridgehead atoms. The van der Waals surface area contributed by atoms with Crippen molar-refractivity contribution in [1.82, 2.24) is 4.90 Å². The Morgan fingerprint density at radius 2 is 1.36 bits per heavy atom. The van der Waals surface area contributed by atoms with E-state index in [0.717, 1.165) is 22.4 Å². The average molecular weight is 586 g/mol. The van der Waals surface area contributed by atoms with Gasteiger partial charge < -0.3 is 14.5 Å². The molecule has 8 heteroatoms. The van der Waals surface area contributed by atoms with Gasteiger partial charge in [0.2, 0.25) is 11.8 Å². The first-order chi connectivity index (χ1) is 21.5. The summed E-state index contributed by atoms with van der Waals surface area (Å²) in [5.41, 5.74) is 3.80. The van der Waals surface area contributed by atoms with Crippen LogP contribution in [0.4, 0.5) is 11.4 Å². The van der Waals surface area contributed by atoms with Gasteiger partial charge in [0.1, 0.15) is 18.9 Å². The first kappa shape index (κ1) is 27.6. The molecule has 4 amide bonds. The Kier molecular flexibility index (Phi) is 7.18. The van der Waals surface area contributed by atoms with Crippen molar-refractivity contribution < 1.29 is 23.9 Å². The molecule has 44 heavy (non-hydrogen) atoms. The predicted octanol–water partition coefficient (Wildman–Crippen LogP) is 5.61. The van der Waals surface area contributed by atoms with Crippen molar-refractivity contribution in [2.75, 3.05) is 16.3 Å². The molecule has 0 aromatic heterocycles. The highest BCUT2D eigenvalue weighted by Gasteiger charge is 2.47. The minimum Gasteiger partial charge on any atom is -0.489 e. The molecule has 2 heterocycles. The molecule has 1 aliphatic carbocycles. The number of para-hydroxylation sites is 2. The molecule has 2 aliphatic heterocycles. The Morgan fingerprint density at radius 3 is 2.11 bits per heavy atom. The molecule has 7 rings (SSSR count). The molecule has 0 saturated heterocycles. The largest absolute Gasteiger partial charge is 0.489 e. The van der Waals surface area contributed by atoms with Crippen LogP contribution in [0.15, 0.2) is 103 Å². The number of hydrogen-bond acceptors (Lipinski definition) is 5. The fourth-order valence-electron chi connectivity index (χ4n) is 6.66.